The number of halogens is 2. The van der Waals surface area contributed by atoms with Gasteiger partial charge in [-0.05, 0) is 18.2 Å². The van der Waals surface area contributed by atoms with Gasteiger partial charge in [0.05, 0.1) is 10.4 Å². The van der Waals surface area contributed by atoms with Crippen molar-refractivity contribution in [3.05, 3.63) is 58.1 Å². The van der Waals surface area contributed by atoms with Gasteiger partial charge in [0.2, 0.25) is 0 Å². The van der Waals surface area contributed by atoms with Gasteiger partial charge in [0, 0.05) is 22.4 Å². The third kappa shape index (κ3) is 4.76. The lowest BCUT2D eigenvalue weighted by molar-refractivity contribution is -0.138. The topological polar surface area (TPSA) is 67.8 Å². The molecule has 5 nitrogen and oxygen atoms in total. The highest BCUT2D eigenvalue weighted by molar-refractivity contribution is 7.99. The third-order valence-electron chi connectivity index (χ3n) is 3.77. The van der Waals surface area contributed by atoms with E-state index < -0.39 is 12.0 Å². The van der Waals surface area contributed by atoms with Crippen molar-refractivity contribution in [1.29, 1.82) is 0 Å². The molecule has 0 aromatic heterocycles. The maximum Gasteiger partial charge on any atom is 0.321 e. The van der Waals surface area contributed by atoms with Crippen LogP contribution in [0.3, 0.4) is 0 Å². The van der Waals surface area contributed by atoms with E-state index in [0.717, 1.165) is 5.56 Å². The summed E-state index contributed by atoms with van der Waals surface area (Å²) in [5.41, 5.74) is 0.919. The van der Waals surface area contributed by atoms with Crippen molar-refractivity contribution in [3.8, 4) is 11.5 Å². The number of aliphatic carboxylic acids is 1. The Balaban J connectivity index is 1.57. The first-order chi connectivity index (χ1) is 12.5. The van der Waals surface area contributed by atoms with Gasteiger partial charge in [-0.2, -0.15) is 0 Å². The molecule has 1 aliphatic heterocycles. The third-order valence-corrected chi connectivity index (χ3v) is 5.57. The van der Waals surface area contributed by atoms with Gasteiger partial charge in [0.1, 0.15) is 30.8 Å². The van der Waals surface area contributed by atoms with E-state index in [4.69, 9.17) is 37.8 Å². The van der Waals surface area contributed by atoms with Crippen LogP contribution >= 0.6 is 35.0 Å². The number of benzene rings is 2. The van der Waals surface area contributed by atoms with E-state index in [0.29, 0.717) is 40.5 Å². The lowest BCUT2D eigenvalue weighted by atomic mass is 10.2. The molecule has 2 aromatic carbocycles. The Hall–Kier alpha value is -1.60. The number of nitrogens with one attached hydrogen (secondary N) is 1. The van der Waals surface area contributed by atoms with E-state index >= 15 is 0 Å². The van der Waals surface area contributed by atoms with E-state index in [9.17, 15) is 4.79 Å². The largest absolute Gasteiger partial charge is 0.490 e. The summed E-state index contributed by atoms with van der Waals surface area (Å²) in [6.45, 7) is 0.622. The summed E-state index contributed by atoms with van der Waals surface area (Å²) in [6, 6.07) is 12.0. The molecular formula is C18H17Cl2NO4S. The van der Waals surface area contributed by atoms with E-state index in [-0.39, 0.29) is 5.37 Å². The zero-order chi connectivity index (χ0) is 18.5. The molecule has 2 unspecified atom stereocenters. The van der Waals surface area contributed by atoms with Crippen molar-refractivity contribution in [2.75, 3.05) is 19.0 Å². The molecule has 26 heavy (non-hydrogen) atoms. The van der Waals surface area contributed by atoms with Crippen molar-refractivity contribution in [3.63, 3.8) is 0 Å². The average molecular weight is 414 g/mol. The molecule has 1 heterocycles. The minimum atomic E-state index is -0.842. The molecule has 2 aromatic rings. The molecule has 8 heteroatoms. The van der Waals surface area contributed by atoms with Crippen molar-refractivity contribution < 1.29 is 19.4 Å². The van der Waals surface area contributed by atoms with E-state index in [1.807, 2.05) is 24.3 Å². The molecule has 1 fully saturated rings. The van der Waals surface area contributed by atoms with E-state index in [1.165, 1.54) is 0 Å². The fourth-order valence-electron chi connectivity index (χ4n) is 2.51. The van der Waals surface area contributed by atoms with Crippen LogP contribution in [0, 0.1) is 0 Å². The smallest absolute Gasteiger partial charge is 0.321 e. The number of hydrogen-bond donors (Lipinski definition) is 2. The van der Waals surface area contributed by atoms with Gasteiger partial charge in [0.15, 0.2) is 0 Å². The molecule has 2 N–H and O–H groups in total. The van der Waals surface area contributed by atoms with Gasteiger partial charge < -0.3 is 14.6 Å². The number of carboxylic acid groups (broad SMARTS) is 1. The zero-order valence-electron chi connectivity index (χ0n) is 13.7. The highest BCUT2D eigenvalue weighted by Crippen LogP contribution is 2.37. The number of carboxylic acids is 1. The Morgan fingerprint density at radius 2 is 1.88 bits per heavy atom. The van der Waals surface area contributed by atoms with E-state index in [2.05, 4.69) is 5.32 Å². The number of para-hydroxylation sites is 1. The van der Waals surface area contributed by atoms with Gasteiger partial charge in [-0.3, -0.25) is 10.1 Å². The SMILES string of the molecule is O=C(O)C1CSC(c2ccccc2OCCOc2cc(Cl)ccc2Cl)N1. The Bertz CT molecular complexity index is 790. The number of rotatable bonds is 7. The van der Waals surface area contributed by atoms with Crippen LogP contribution in [0.2, 0.25) is 10.0 Å². The zero-order valence-corrected chi connectivity index (χ0v) is 16.0. The Labute approximate surface area is 165 Å². The molecule has 2 atom stereocenters. The predicted octanol–water partition coefficient (Wildman–Crippen LogP) is 4.24. The Morgan fingerprint density at radius 3 is 2.62 bits per heavy atom. The second-order valence-electron chi connectivity index (χ2n) is 5.58. The van der Waals surface area contributed by atoms with Crippen LogP contribution in [0.1, 0.15) is 10.9 Å². The molecule has 1 saturated heterocycles. The molecule has 0 radical (unpaired) electrons. The first-order valence-electron chi connectivity index (χ1n) is 7.94. The van der Waals surface area contributed by atoms with Gasteiger partial charge in [-0.15, -0.1) is 11.8 Å². The summed E-state index contributed by atoms with van der Waals surface area (Å²) >= 11 is 13.5. The second-order valence-corrected chi connectivity index (χ2v) is 7.56. The van der Waals surface area contributed by atoms with Crippen LogP contribution in [0.5, 0.6) is 11.5 Å². The molecule has 0 bridgehead atoms. The summed E-state index contributed by atoms with van der Waals surface area (Å²) < 4.78 is 11.4. The lowest BCUT2D eigenvalue weighted by Crippen LogP contribution is -2.33. The average Bonchev–Trinajstić information content (AvgIpc) is 3.12. The minimum absolute atomic E-state index is 0.115. The molecular weight excluding hydrogens is 397 g/mol. The first-order valence-corrected chi connectivity index (χ1v) is 9.75. The van der Waals surface area contributed by atoms with Crippen molar-refractivity contribution in [2.24, 2.45) is 0 Å². The minimum Gasteiger partial charge on any atom is -0.490 e. The van der Waals surface area contributed by atoms with Gasteiger partial charge in [-0.25, -0.2) is 0 Å². The summed E-state index contributed by atoms with van der Waals surface area (Å²) in [4.78, 5) is 11.1. The van der Waals surface area contributed by atoms with Gasteiger partial charge in [-0.1, -0.05) is 41.4 Å². The number of carbonyl (C=O) groups is 1. The summed E-state index contributed by atoms with van der Waals surface area (Å²) in [5, 5.41) is 13.1. The Morgan fingerprint density at radius 1 is 1.15 bits per heavy atom. The Kier molecular flexibility index (Phi) is 6.53. The number of ether oxygens (including phenoxy) is 2. The fourth-order valence-corrected chi connectivity index (χ4v) is 4.11. The molecule has 138 valence electrons. The summed E-state index contributed by atoms with van der Waals surface area (Å²) in [5.74, 6) is 0.882. The van der Waals surface area contributed by atoms with Crippen LogP contribution in [-0.2, 0) is 4.79 Å². The van der Waals surface area contributed by atoms with Crippen LogP contribution < -0.4 is 14.8 Å². The van der Waals surface area contributed by atoms with Crippen LogP contribution in [-0.4, -0.2) is 36.1 Å². The lowest BCUT2D eigenvalue weighted by Gasteiger charge is -2.17. The molecule has 0 amide bonds. The molecule has 1 aliphatic rings. The monoisotopic (exact) mass is 413 g/mol. The van der Waals surface area contributed by atoms with Crippen LogP contribution in [0.25, 0.3) is 0 Å². The summed E-state index contributed by atoms with van der Waals surface area (Å²) in [6.07, 6.45) is 0. The maximum atomic E-state index is 11.1. The van der Waals surface area contributed by atoms with E-state index in [1.54, 1.807) is 30.0 Å². The van der Waals surface area contributed by atoms with Crippen LogP contribution in [0.15, 0.2) is 42.5 Å². The number of thioether (sulfide) groups is 1. The maximum absolute atomic E-state index is 11.1. The molecule has 0 aliphatic carbocycles. The quantitative estimate of drug-likeness (QED) is 0.661. The van der Waals surface area contributed by atoms with Crippen molar-refractivity contribution in [1.82, 2.24) is 5.32 Å². The first kappa shape index (κ1) is 19.2. The highest BCUT2D eigenvalue weighted by Gasteiger charge is 2.31. The fraction of sp³-hybridized carbons (Fsp3) is 0.278. The van der Waals surface area contributed by atoms with Crippen LogP contribution in [0.4, 0.5) is 0 Å². The molecule has 3 rings (SSSR count). The second kappa shape index (κ2) is 8.86. The van der Waals surface area contributed by atoms with Crippen molar-refractivity contribution in [2.45, 2.75) is 11.4 Å². The van der Waals surface area contributed by atoms with Gasteiger partial charge >= 0.3 is 5.97 Å². The number of hydrogen-bond acceptors (Lipinski definition) is 5. The summed E-state index contributed by atoms with van der Waals surface area (Å²) in [7, 11) is 0. The molecule has 0 saturated carbocycles. The predicted molar refractivity (Wildman–Crippen MR) is 104 cm³/mol. The molecule has 0 spiro atoms. The standard InChI is InChI=1S/C18H17Cl2NO4S/c19-11-5-6-13(20)16(9-11)25-8-7-24-15-4-2-1-3-12(15)17-21-14(10-26-17)18(22)23/h1-6,9,14,17,21H,7-8,10H2,(H,22,23). The van der Waals surface area contributed by atoms with Crippen molar-refractivity contribution >= 4 is 40.9 Å². The normalized spacial score (nSPS) is 19.3. The van der Waals surface area contributed by atoms with Gasteiger partial charge in [0.25, 0.3) is 0 Å². The highest BCUT2D eigenvalue weighted by atomic mass is 35.5.